The molecule has 0 bridgehead atoms. The number of aryl methyl sites for hydroxylation is 1. The molecule has 0 radical (unpaired) electrons. The minimum atomic E-state index is -0.349. The zero-order valence-electron chi connectivity index (χ0n) is 12.1. The van der Waals surface area contributed by atoms with Gasteiger partial charge in [-0.1, -0.05) is 12.1 Å². The average Bonchev–Trinajstić information content (AvgIpc) is 3.02. The summed E-state index contributed by atoms with van der Waals surface area (Å²) in [5, 5.41) is 14.2. The maximum absolute atomic E-state index is 13.4. The Hall–Kier alpha value is -1.72. The first-order valence-electron chi connectivity index (χ1n) is 7.28. The van der Waals surface area contributed by atoms with Crippen molar-refractivity contribution in [2.24, 2.45) is 0 Å². The summed E-state index contributed by atoms with van der Waals surface area (Å²) < 4.78 is 15.3. The molecule has 1 aliphatic heterocycles. The van der Waals surface area contributed by atoms with Gasteiger partial charge in [0.2, 0.25) is 0 Å². The van der Waals surface area contributed by atoms with E-state index in [1.54, 1.807) is 12.1 Å². The molecule has 1 fully saturated rings. The summed E-state index contributed by atoms with van der Waals surface area (Å²) in [6.45, 7) is 4.20. The van der Waals surface area contributed by atoms with Crippen LogP contribution in [0.15, 0.2) is 36.7 Å². The Labute approximate surface area is 123 Å². The monoisotopic (exact) mass is 289 g/mol. The molecule has 0 amide bonds. The molecular weight excluding hydrogens is 269 g/mol. The van der Waals surface area contributed by atoms with Crippen molar-refractivity contribution < 1.29 is 9.50 Å². The average molecular weight is 289 g/mol. The van der Waals surface area contributed by atoms with E-state index in [0.29, 0.717) is 13.0 Å². The Morgan fingerprint density at radius 3 is 2.95 bits per heavy atom. The van der Waals surface area contributed by atoms with Crippen LogP contribution in [0.1, 0.15) is 23.6 Å². The van der Waals surface area contributed by atoms with Crippen LogP contribution in [0.2, 0.25) is 0 Å². The topological polar surface area (TPSA) is 41.3 Å². The number of benzene rings is 1. The van der Waals surface area contributed by atoms with Gasteiger partial charge in [-0.3, -0.25) is 9.58 Å². The van der Waals surface area contributed by atoms with Gasteiger partial charge in [0.05, 0.1) is 18.8 Å². The first-order valence-corrected chi connectivity index (χ1v) is 7.28. The lowest BCUT2D eigenvalue weighted by Crippen LogP contribution is -2.28. The molecule has 1 saturated heterocycles. The van der Waals surface area contributed by atoms with Gasteiger partial charge in [-0.25, -0.2) is 4.39 Å². The molecule has 2 atom stereocenters. The van der Waals surface area contributed by atoms with Crippen molar-refractivity contribution in [1.82, 2.24) is 14.7 Å². The van der Waals surface area contributed by atoms with Crippen LogP contribution in [0.5, 0.6) is 0 Å². The molecule has 0 unspecified atom stereocenters. The molecule has 3 rings (SSSR count). The fourth-order valence-corrected chi connectivity index (χ4v) is 3.01. The summed E-state index contributed by atoms with van der Waals surface area (Å²) in [7, 11) is 0. The molecule has 0 saturated carbocycles. The fraction of sp³-hybridized carbons (Fsp3) is 0.438. The third kappa shape index (κ3) is 3.31. The number of β-amino-alcohol motifs (C(OH)–C–C–N with tert-alkyl or cyclic N) is 1. The number of aliphatic hydroxyl groups is 1. The highest BCUT2D eigenvalue weighted by Crippen LogP contribution is 2.32. The fourth-order valence-electron chi connectivity index (χ4n) is 3.01. The van der Waals surface area contributed by atoms with E-state index in [1.807, 2.05) is 30.1 Å². The van der Waals surface area contributed by atoms with E-state index in [-0.39, 0.29) is 18.0 Å². The zero-order chi connectivity index (χ0) is 14.8. The predicted molar refractivity (Wildman–Crippen MR) is 78.3 cm³/mol. The van der Waals surface area contributed by atoms with Gasteiger partial charge in [0.15, 0.2) is 0 Å². The molecule has 21 heavy (non-hydrogen) atoms. The van der Waals surface area contributed by atoms with Gasteiger partial charge in [-0.05, 0) is 36.6 Å². The Morgan fingerprint density at radius 2 is 2.24 bits per heavy atom. The van der Waals surface area contributed by atoms with Crippen LogP contribution in [0.3, 0.4) is 0 Å². The van der Waals surface area contributed by atoms with Gasteiger partial charge in [0.25, 0.3) is 0 Å². The molecule has 112 valence electrons. The highest BCUT2D eigenvalue weighted by Gasteiger charge is 2.31. The minimum absolute atomic E-state index is 0.0763. The standard InChI is InChI=1S/C16H20FN3O/c1-12-9-18-20(10-12)6-5-19-11-15(21)8-16(19)13-3-2-4-14(17)7-13/h2-4,7,9-10,15-16,21H,5-6,8,11H2,1H3/t15-,16+/m0/s1. The molecular formula is C16H20FN3O. The van der Waals surface area contributed by atoms with Gasteiger partial charge in [-0.15, -0.1) is 0 Å². The number of halogens is 1. The maximum Gasteiger partial charge on any atom is 0.123 e. The van der Waals surface area contributed by atoms with Gasteiger partial charge < -0.3 is 5.11 Å². The van der Waals surface area contributed by atoms with Crippen LogP contribution < -0.4 is 0 Å². The molecule has 5 heteroatoms. The van der Waals surface area contributed by atoms with E-state index in [2.05, 4.69) is 10.00 Å². The quantitative estimate of drug-likeness (QED) is 0.937. The summed E-state index contributed by atoms with van der Waals surface area (Å²) >= 11 is 0. The molecule has 1 aromatic heterocycles. The number of likely N-dealkylation sites (tertiary alicyclic amines) is 1. The molecule has 1 aliphatic rings. The highest BCUT2D eigenvalue weighted by molar-refractivity contribution is 5.21. The first kappa shape index (κ1) is 14.2. The Balaban J connectivity index is 1.70. The van der Waals surface area contributed by atoms with Gasteiger partial charge in [0.1, 0.15) is 5.82 Å². The SMILES string of the molecule is Cc1cnn(CCN2C[C@@H](O)C[C@@H]2c2cccc(F)c2)c1. The van der Waals surface area contributed by atoms with Crippen molar-refractivity contribution >= 4 is 0 Å². The maximum atomic E-state index is 13.4. The largest absolute Gasteiger partial charge is 0.392 e. The van der Waals surface area contributed by atoms with Crippen molar-refractivity contribution in [1.29, 1.82) is 0 Å². The van der Waals surface area contributed by atoms with Crippen LogP contribution in [0.25, 0.3) is 0 Å². The summed E-state index contributed by atoms with van der Waals surface area (Å²) in [6, 6.07) is 6.74. The number of aliphatic hydroxyl groups excluding tert-OH is 1. The van der Waals surface area contributed by atoms with Crippen molar-refractivity contribution in [3.8, 4) is 0 Å². The predicted octanol–water partition coefficient (Wildman–Crippen LogP) is 2.14. The van der Waals surface area contributed by atoms with Gasteiger partial charge in [-0.2, -0.15) is 5.10 Å². The summed E-state index contributed by atoms with van der Waals surface area (Å²) in [5.74, 6) is -0.225. The van der Waals surface area contributed by atoms with E-state index in [4.69, 9.17) is 0 Å². The molecule has 0 aliphatic carbocycles. The van der Waals surface area contributed by atoms with Crippen LogP contribution >= 0.6 is 0 Å². The van der Waals surface area contributed by atoms with E-state index < -0.39 is 0 Å². The van der Waals surface area contributed by atoms with Crippen LogP contribution in [0.4, 0.5) is 4.39 Å². The molecule has 4 nitrogen and oxygen atoms in total. The van der Waals surface area contributed by atoms with E-state index >= 15 is 0 Å². The van der Waals surface area contributed by atoms with Crippen LogP contribution in [-0.4, -0.2) is 39.0 Å². The molecule has 2 aromatic rings. The second-order valence-electron chi connectivity index (χ2n) is 5.74. The number of hydrogen-bond acceptors (Lipinski definition) is 3. The van der Waals surface area contributed by atoms with Crippen LogP contribution in [-0.2, 0) is 6.54 Å². The molecule has 1 N–H and O–H groups in total. The molecule has 1 aromatic carbocycles. The van der Waals surface area contributed by atoms with E-state index in [9.17, 15) is 9.50 Å². The third-order valence-corrected chi connectivity index (χ3v) is 3.99. The van der Waals surface area contributed by atoms with Gasteiger partial charge in [0, 0.05) is 25.3 Å². The lowest BCUT2D eigenvalue weighted by atomic mass is 10.0. The summed E-state index contributed by atoms with van der Waals surface area (Å²) in [5.41, 5.74) is 2.07. The number of aromatic nitrogens is 2. The van der Waals surface area contributed by atoms with Crippen LogP contribution in [0, 0.1) is 12.7 Å². The van der Waals surface area contributed by atoms with Crippen molar-refractivity contribution in [2.45, 2.75) is 32.0 Å². The third-order valence-electron chi connectivity index (χ3n) is 3.99. The summed E-state index contributed by atoms with van der Waals surface area (Å²) in [6.07, 6.45) is 4.14. The Bertz CT molecular complexity index is 613. The van der Waals surface area contributed by atoms with Crippen molar-refractivity contribution in [2.75, 3.05) is 13.1 Å². The summed E-state index contributed by atoms with van der Waals surface area (Å²) in [4.78, 5) is 2.20. The van der Waals surface area contributed by atoms with Crippen molar-refractivity contribution in [3.05, 3.63) is 53.6 Å². The number of hydrogen-bond donors (Lipinski definition) is 1. The highest BCUT2D eigenvalue weighted by atomic mass is 19.1. The Kier molecular flexibility index (Phi) is 4.03. The number of rotatable bonds is 4. The molecule has 0 spiro atoms. The zero-order valence-corrected chi connectivity index (χ0v) is 12.1. The first-order chi connectivity index (χ1) is 10.1. The van der Waals surface area contributed by atoms with Gasteiger partial charge >= 0.3 is 0 Å². The minimum Gasteiger partial charge on any atom is -0.392 e. The second-order valence-corrected chi connectivity index (χ2v) is 5.74. The smallest absolute Gasteiger partial charge is 0.123 e. The number of nitrogens with zero attached hydrogens (tertiary/aromatic N) is 3. The second kappa shape index (κ2) is 5.95. The lowest BCUT2D eigenvalue weighted by molar-refractivity contribution is 0.172. The van der Waals surface area contributed by atoms with E-state index in [0.717, 1.165) is 24.2 Å². The molecule has 2 heterocycles. The lowest BCUT2D eigenvalue weighted by Gasteiger charge is -2.24. The van der Waals surface area contributed by atoms with Crippen molar-refractivity contribution in [3.63, 3.8) is 0 Å². The van der Waals surface area contributed by atoms with E-state index in [1.165, 1.54) is 6.07 Å². The normalized spacial score (nSPS) is 22.8. The Morgan fingerprint density at radius 1 is 1.38 bits per heavy atom.